The highest BCUT2D eigenvalue weighted by Crippen LogP contribution is 2.53. The molecule has 0 bridgehead atoms. The first-order chi connectivity index (χ1) is 20.9. The molecule has 0 fully saturated rings. The Morgan fingerprint density at radius 2 is 1.84 bits per heavy atom. The summed E-state index contributed by atoms with van der Waals surface area (Å²) < 4.78 is 38.4. The number of carbonyl (C=O) groups is 2. The maximum Gasteiger partial charge on any atom is 0.407 e. The number of cyclic esters (lactones) is 1. The number of rotatable bonds is 12. The molecule has 2 aromatic carbocycles. The molecule has 9 nitrogen and oxygen atoms in total. The van der Waals surface area contributed by atoms with Crippen LogP contribution in [0.5, 0.6) is 11.5 Å². The van der Waals surface area contributed by atoms with E-state index in [4.69, 9.17) is 18.5 Å². The average Bonchev–Trinajstić information content (AvgIpc) is 3.50. The zero-order chi connectivity index (χ0) is 33.3. The molecule has 1 N–H and O–H groups in total. The van der Waals surface area contributed by atoms with Crippen LogP contribution in [0.15, 0.2) is 29.8 Å². The van der Waals surface area contributed by atoms with E-state index in [0.29, 0.717) is 36.6 Å². The summed E-state index contributed by atoms with van der Waals surface area (Å²) in [5, 5.41) is 9.39. The van der Waals surface area contributed by atoms with Crippen LogP contribution >= 0.6 is 7.60 Å². The summed E-state index contributed by atoms with van der Waals surface area (Å²) in [6.07, 6.45) is 2.34. The third-order valence-corrected chi connectivity index (χ3v) is 11.9. The standard InChI is InChI=1S/C34H48NO8PSi/c1-10-27-23(3)29-20-41-32(36)30(29)31(40-15-16-45(7,8)9)28(27)14-11-22(2)21-44(39,43-34(4,5)6)42-26-13-12-24-18-35(33(37)38)19-25(24)17-26/h11-13,17H,10,14-16,18-21H2,1-9H3,(H,37,38). The Hall–Kier alpha value is -3.07. The molecule has 1 amide bonds. The zero-order valence-electron chi connectivity index (χ0n) is 28.2. The van der Waals surface area contributed by atoms with Gasteiger partial charge in [-0.2, -0.15) is 0 Å². The van der Waals surface area contributed by atoms with Crippen molar-refractivity contribution in [3.8, 4) is 11.5 Å². The first kappa shape index (κ1) is 34.8. The molecule has 2 aliphatic heterocycles. The third kappa shape index (κ3) is 8.60. The van der Waals surface area contributed by atoms with Crippen molar-refractivity contribution in [2.45, 2.75) is 105 Å². The molecule has 0 aromatic heterocycles. The second kappa shape index (κ2) is 13.3. The molecule has 4 rings (SSSR count). The lowest BCUT2D eigenvalue weighted by molar-refractivity contribution is 0.0532. The molecule has 0 spiro atoms. The molecule has 1 unspecified atom stereocenters. The zero-order valence-corrected chi connectivity index (χ0v) is 30.1. The Balaban J connectivity index is 1.63. The molecule has 2 heterocycles. The van der Waals surface area contributed by atoms with Gasteiger partial charge in [0, 0.05) is 32.3 Å². The van der Waals surface area contributed by atoms with Gasteiger partial charge in [0.05, 0.1) is 18.4 Å². The minimum Gasteiger partial charge on any atom is -0.493 e. The number of nitrogens with zero attached hydrogens (tertiary/aromatic N) is 1. The highest BCUT2D eigenvalue weighted by atomic mass is 31.2. The van der Waals surface area contributed by atoms with Crippen molar-refractivity contribution >= 4 is 27.7 Å². The Labute approximate surface area is 268 Å². The fourth-order valence-electron chi connectivity index (χ4n) is 5.81. The van der Waals surface area contributed by atoms with E-state index >= 15 is 0 Å². The molecule has 246 valence electrons. The third-order valence-electron chi connectivity index (χ3n) is 8.00. The largest absolute Gasteiger partial charge is 0.493 e. The van der Waals surface area contributed by atoms with Gasteiger partial charge in [-0.05, 0) is 87.9 Å². The van der Waals surface area contributed by atoms with Gasteiger partial charge in [0.1, 0.15) is 23.7 Å². The Kier molecular flexibility index (Phi) is 10.3. The second-order valence-corrected chi connectivity index (χ2v) is 21.8. The van der Waals surface area contributed by atoms with E-state index in [-0.39, 0.29) is 25.3 Å². The van der Waals surface area contributed by atoms with Crippen molar-refractivity contribution in [2.24, 2.45) is 0 Å². The predicted octanol–water partition coefficient (Wildman–Crippen LogP) is 8.51. The Morgan fingerprint density at radius 1 is 1.16 bits per heavy atom. The van der Waals surface area contributed by atoms with Crippen LogP contribution < -0.4 is 9.26 Å². The van der Waals surface area contributed by atoms with Crippen molar-refractivity contribution in [2.75, 3.05) is 12.8 Å². The van der Waals surface area contributed by atoms with E-state index in [1.54, 1.807) is 12.1 Å². The van der Waals surface area contributed by atoms with Gasteiger partial charge >= 0.3 is 19.7 Å². The molecule has 45 heavy (non-hydrogen) atoms. The van der Waals surface area contributed by atoms with E-state index < -0.39 is 27.4 Å². The number of ether oxygens (including phenoxy) is 2. The molecule has 0 radical (unpaired) electrons. The van der Waals surface area contributed by atoms with Gasteiger partial charge < -0.3 is 19.1 Å². The van der Waals surface area contributed by atoms with Crippen molar-refractivity contribution in [3.63, 3.8) is 0 Å². The molecule has 2 aromatic rings. The number of fused-ring (bicyclic) bond motifs is 2. The van der Waals surface area contributed by atoms with Crippen molar-refractivity contribution in [3.05, 3.63) is 68.8 Å². The Morgan fingerprint density at radius 3 is 2.47 bits per heavy atom. The minimum absolute atomic E-state index is 0.0574. The Bertz CT molecular complexity index is 1550. The van der Waals surface area contributed by atoms with Gasteiger partial charge in [0.15, 0.2) is 0 Å². The van der Waals surface area contributed by atoms with Crippen molar-refractivity contribution in [1.29, 1.82) is 0 Å². The lowest BCUT2D eigenvalue weighted by Gasteiger charge is -2.28. The highest BCUT2D eigenvalue weighted by molar-refractivity contribution is 7.54. The molecule has 0 saturated carbocycles. The minimum atomic E-state index is -3.70. The van der Waals surface area contributed by atoms with Crippen molar-refractivity contribution < 1.29 is 37.8 Å². The monoisotopic (exact) mass is 657 g/mol. The molecule has 11 heteroatoms. The van der Waals surface area contributed by atoms with Crippen molar-refractivity contribution in [1.82, 2.24) is 4.90 Å². The first-order valence-electron chi connectivity index (χ1n) is 15.6. The molecule has 1 atom stereocenters. The van der Waals surface area contributed by atoms with Crippen LogP contribution in [0.25, 0.3) is 0 Å². The van der Waals surface area contributed by atoms with Gasteiger partial charge in [0.2, 0.25) is 0 Å². The summed E-state index contributed by atoms with van der Waals surface area (Å²) in [4.78, 5) is 25.7. The van der Waals surface area contributed by atoms with Crippen LogP contribution in [0.3, 0.4) is 0 Å². The van der Waals surface area contributed by atoms with E-state index in [1.807, 2.05) is 46.8 Å². The van der Waals surface area contributed by atoms with E-state index in [1.165, 1.54) is 4.90 Å². The highest BCUT2D eigenvalue weighted by Gasteiger charge is 2.35. The van der Waals surface area contributed by atoms with Crippen LogP contribution in [0.1, 0.15) is 78.4 Å². The molecular weight excluding hydrogens is 609 g/mol. The normalized spacial score (nSPS) is 16.2. The predicted molar refractivity (Wildman–Crippen MR) is 178 cm³/mol. The molecule has 0 aliphatic carbocycles. The number of benzene rings is 2. The number of hydrogen-bond donors (Lipinski definition) is 1. The van der Waals surface area contributed by atoms with E-state index in [9.17, 15) is 19.3 Å². The molecule has 0 saturated heterocycles. The molecule has 2 aliphatic rings. The van der Waals surface area contributed by atoms with Crippen LogP contribution in [-0.4, -0.2) is 48.5 Å². The fourth-order valence-corrected chi connectivity index (χ4v) is 8.70. The smallest absolute Gasteiger partial charge is 0.407 e. The van der Waals surface area contributed by atoms with Crippen LogP contribution in [0.2, 0.25) is 25.7 Å². The first-order valence-corrected chi connectivity index (χ1v) is 21.0. The summed E-state index contributed by atoms with van der Waals surface area (Å²) in [5.74, 6) is 0.634. The number of carbonyl (C=O) groups excluding carboxylic acids is 1. The van der Waals surface area contributed by atoms with Gasteiger partial charge in [-0.15, -0.1) is 0 Å². The van der Waals surface area contributed by atoms with Gasteiger partial charge in [0.25, 0.3) is 0 Å². The average molecular weight is 658 g/mol. The summed E-state index contributed by atoms with van der Waals surface area (Å²) >= 11 is 0. The second-order valence-electron chi connectivity index (χ2n) is 14.2. The number of carboxylic acid groups (broad SMARTS) is 1. The fraction of sp³-hybridized carbons (Fsp3) is 0.529. The summed E-state index contributed by atoms with van der Waals surface area (Å²) in [7, 11) is -5.07. The number of amides is 1. The summed E-state index contributed by atoms with van der Waals surface area (Å²) in [5.41, 5.74) is 6.38. The van der Waals surface area contributed by atoms with Gasteiger partial charge in [-0.25, -0.2) is 14.2 Å². The van der Waals surface area contributed by atoms with Crippen LogP contribution in [-0.2, 0) is 46.4 Å². The van der Waals surface area contributed by atoms with Gasteiger partial charge in [-0.1, -0.05) is 44.3 Å². The summed E-state index contributed by atoms with van der Waals surface area (Å²) in [6, 6.07) is 6.24. The maximum atomic E-state index is 14.3. The SMILES string of the molecule is CCc1c(C)c2c(c(OCC[Si](C)(C)C)c1CC=C(C)CP(=O)(Oc1ccc3c(c1)CN(C(=O)O)C3)OC(C)(C)C)C(=O)OC2. The summed E-state index contributed by atoms with van der Waals surface area (Å²) in [6.45, 7) is 19.8. The topological polar surface area (TPSA) is 112 Å². The number of esters is 1. The maximum absolute atomic E-state index is 14.3. The van der Waals surface area contributed by atoms with E-state index in [2.05, 4.69) is 26.6 Å². The van der Waals surface area contributed by atoms with Crippen LogP contribution in [0.4, 0.5) is 4.79 Å². The molecular formula is C34H48NO8PSi. The quantitative estimate of drug-likeness (QED) is 0.105. The van der Waals surface area contributed by atoms with Gasteiger partial charge in [-0.3, -0.25) is 9.42 Å². The number of hydrogen-bond acceptors (Lipinski definition) is 7. The number of allylic oxidation sites excluding steroid dienone is 2. The lowest BCUT2D eigenvalue weighted by Crippen LogP contribution is -2.23. The van der Waals surface area contributed by atoms with Crippen LogP contribution in [0, 0.1) is 6.92 Å². The lowest BCUT2D eigenvalue weighted by atomic mass is 9.89. The van der Waals surface area contributed by atoms with E-state index in [0.717, 1.165) is 51.4 Å².